The lowest BCUT2D eigenvalue weighted by Crippen LogP contribution is -2.45. The van der Waals surface area contributed by atoms with E-state index in [1.165, 1.54) is 11.5 Å². The molecule has 1 fully saturated rings. The van der Waals surface area contributed by atoms with E-state index < -0.39 is 17.0 Å². The quantitative estimate of drug-likeness (QED) is 0.421. The SMILES string of the molecule is O=C(c1ccc(N[S+]([O-])c2cccc3cccnc23)cc1)N1CCC(O)(c2cnsc2)CC1. The molecule has 1 amide bonds. The molecule has 2 aromatic carbocycles. The zero-order valence-electron chi connectivity index (χ0n) is 17.7. The van der Waals surface area contributed by atoms with E-state index in [1.807, 2.05) is 29.6 Å². The van der Waals surface area contributed by atoms with Gasteiger partial charge in [0.25, 0.3) is 5.91 Å². The fraction of sp³-hybridized carbons (Fsp3) is 0.208. The van der Waals surface area contributed by atoms with Gasteiger partial charge in [-0.2, -0.15) is 0 Å². The molecule has 1 unspecified atom stereocenters. The third-order valence-corrected chi connectivity index (χ3v) is 7.72. The second kappa shape index (κ2) is 9.11. The van der Waals surface area contributed by atoms with Crippen LogP contribution in [0.5, 0.6) is 0 Å². The highest BCUT2D eigenvalue weighted by molar-refractivity contribution is 7.93. The van der Waals surface area contributed by atoms with Gasteiger partial charge < -0.3 is 14.6 Å². The Bertz CT molecular complexity index is 1250. The Morgan fingerprint density at radius 2 is 1.88 bits per heavy atom. The summed E-state index contributed by atoms with van der Waals surface area (Å²) in [5, 5.41) is 13.7. The van der Waals surface area contributed by atoms with Gasteiger partial charge in [0.2, 0.25) is 4.90 Å². The van der Waals surface area contributed by atoms with E-state index in [0.717, 1.165) is 10.9 Å². The van der Waals surface area contributed by atoms with Crippen LogP contribution in [0.3, 0.4) is 0 Å². The third kappa shape index (κ3) is 4.45. The van der Waals surface area contributed by atoms with Crippen LogP contribution in [0.15, 0.2) is 77.3 Å². The second-order valence-electron chi connectivity index (χ2n) is 8.02. The van der Waals surface area contributed by atoms with Crippen molar-refractivity contribution in [2.24, 2.45) is 0 Å². The molecule has 33 heavy (non-hydrogen) atoms. The summed E-state index contributed by atoms with van der Waals surface area (Å²) in [4.78, 5) is 19.7. The number of rotatable bonds is 5. The van der Waals surface area contributed by atoms with E-state index >= 15 is 0 Å². The Morgan fingerprint density at radius 3 is 2.61 bits per heavy atom. The van der Waals surface area contributed by atoms with Crippen LogP contribution in [0.25, 0.3) is 10.9 Å². The number of carbonyl (C=O) groups excluding carboxylic acids is 1. The first-order valence-electron chi connectivity index (χ1n) is 10.6. The van der Waals surface area contributed by atoms with Gasteiger partial charge in [-0.15, -0.1) is 0 Å². The lowest BCUT2D eigenvalue weighted by molar-refractivity contribution is -0.0209. The molecule has 1 atom stereocenters. The molecular weight excluding hydrogens is 456 g/mol. The Kier molecular flexibility index (Phi) is 6.03. The number of pyridine rings is 1. The van der Waals surface area contributed by atoms with Crippen molar-refractivity contribution in [3.05, 3.63) is 83.5 Å². The minimum atomic E-state index is -1.49. The van der Waals surface area contributed by atoms with Crippen molar-refractivity contribution in [3.8, 4) is 0 Å². The Labute approximate surface area is 198 Å². The van der Waals surface area contributed by atoms with Crippen LogP contribution in [0.1, 0.15) is 28.8 Å². The first-order valence-corrected chi connectivity index (χ1v) is 12.6. The van der Waals surface area contributed by atoms with Gasteiger partial charge in [-0.05, 0) is 60.8 Å². The Balaban J connectivity index is 1.24. The van der Waals surface area contributed by atoms with Gasteiger partial charge in [0.05, 0.1) is 11.3 Å². The number of nitrogens with zero attached hydrogens (tertiary/aromatic N) is 3. The molecule has 9 heteroatoms. The van der Waals surface area contributed by atoms with Gasteiger partial charge in [0.15, 0.2) is 0 Å². The normalized spacial score (nSPS) is 16.5. The molecular formula is C24H22N4O3S2. The number of fused-ring (bicyclic) bond motifs is 1. The number of anilines is 1. The van der Waals surface area contributed by atoms with Gasteiger partial charge in [-0.3, -0.25) is 9.78 Å². The molecule has 0 aliphatic carbocycles. The van der Waals surface area contributed by atoms with E-state index in [1.54, 1.807) is 47.6 Å². The highest BCUT2D eigenvalue weighted by atomic mass is 32.2. The summed E-state index contributed by atoms with van der Waals surface area (Å²) in [5.41, 5.74) is 1.81. The standard InChI is InChI=1S/C24H22N4O3S2/c29-23(28-13-10-24(30,11-14-28)19-15-26-32-16-19)18-6-8-20(9-7-18)27-33(31)21-5-1-3-17-4-2-12-25-22(17)21/h1-9,12,15-16,27,30H,10-11,13-14H2. The number of amides is 1. The molecule has 0 radical (unpaired) electrons. The van der Waals surface area contributed by atoms with Crippen LogP contribution in [-0.4, -0.2) is 42.9 Å². The molecule has 3 heterocycles. The van der Waals surface area contributed by atoms with Crippen LogP contribution in [0.2, 0.25) is 0 Å². The van der Waals surface area contributed by atoms with Crippen molar-refractivity contribution < 1.29 is 14.5 Å². The molecule has 168 valence electrons. The van der Waals surface area contributed by atoms with Gasteiger partial charge in [-0.25, -0.2) is 9.10 Å². The summed E-state index contributed by atoms with van der Waals surface area (Å²) in [5.74, 6) is -0.0774. The maximum Gasteiger partial charge on any atom is 0.253 e. The molecule has 2 N–H and O–H groups in total. The number of aromatic nitrogens is 2. The summed E-state index contributed by atoms with van der Waals surface area (Å²) in [6.07, 6.45) is 4.35. The van der Waals surface area contributed by atoms with Crippen molar-refractivity contribution in [2.45, 2.75) is 23.3 Å². The predicted molar refractivity (Wildman–Crippen MR) is 129 cm³/mol. The fourth-order valence-corrected chi connectivity index (χ4v) is 5.69. The number of hydrogen-bond acceptors (Lipinski definition) is 7. The molecule has 5 rings (SSSR count). The fourth-order valence-electron chi connectivity index (χ4n) is 4.05. The number of carbonyl (C=O) groups is 1. The summed E-state index contributed by atoms with van der Waals surface area (Å²) in [7, 11) is 0. The van der Waals surface area contributed by atoms with Crippen molar-refractivity contribution in [1.29, 1.82) is 0 Å². The van der Waals surface area contributed by atoms with Crippen LogP contribution in [-0.2, 0) is 17.0 Å². The van der Waals surface area contributed by atoms with Crippen molar-refractivity contribution in [1.82, 2.24) is 14.3 Å². The maximum absolute atomic E-state index is 12.9. The van der Waals surface area contributed by atoms with Crippen LogP contribution < -0.4 is 4.72 Å². The average Bonchev–Trinajstić information content (AvgIpc) is 3.40. The lowest BCUT2D eigenvalue weighted by atomic mass is 9.86. The largest absolute Gasteiger partial charge is 0.588 e. The number of benzene rings is 2. The van der Waals surface area contributed by atoms with Gasteiger partial charge in [-0.1, -0.05) is 18.2 Å². The number of likely N-dealkylation sites (tertiary alicyclic amines) is 1. The maximum atomic E-state index is 12.9. The van der Waals surface area contributed by atoms with Crippen LogP contribution >= 0.6 is 11.5 Å². The third-order valence-electron chi connectivity index (χ3n) is 5.99. The molecule has 1 aliphatic heterocycles. The van der Waals surface area contributed by atoms with Gasteiger partial charge in [0, 0.05) is 47.4 Å². The predicted octanol–water partition coefficient (Wildman–Crippen LogP) is 3.95. The van der Waals surface area contributed by atoms with Crippen molar-refractivity contribution in [2.75, 3.05) is 17.8 Å². The molecule has 2 aromatic heterocycles. The van der Waals surface area contributed by atoms with E-state index in [9.17, 15) is 14.5 Å². The zero-order valence-corrected chi connectivity index (χ0v) is 19.3. The molecule has 1 aliphatic rings. The minimum Gasteiger partial charge on any atom is -0.588 e. The molecule has 1 saturated heterocycles. The monoisotopic (exact) mass is 478 g/mol. The van der Waals surface area contributed by atoms with Crippen LogP contribution in [0.4, 0.5) is 5.69 Å². The summed E-state index contributed by atoms with van der Waals surface area (Å²) >= 11 is -0.176. The van der Waals surface area contributed by atoms with Gasteiger partial charge >= 0.3 is 0 Å². The summed E-state index contributed by atoms with van der Waals surface area (Å²) in [6.45, 7) is 0.951. The number of piperidine rings is 1. The van der Waals surface area contributed by atoms with Crippen molar-refractivity contribution in [3.63, 3.8) is 0 Å². The second-order valence-corrected chi connectivity index (χ2v) is 9.86. The van der Waals surface area contributed by atoms with E-state index in [4.69, 9.17) is 0 Å². The van der Waals surface area contributed by atoms with Crippen LogP contribution in [0, 0.1) is 0 Å². The average molecular weight is 479 g/mol. The highest BCUT2D eigenvalue weighted by Gasteiger charge is 2.36. The van der Waals surface area contributed by atoms with E-state index in [0.29, 0.717) is 47.6 Å². The first-order chi connectivity index (χ1) is 16.0. The molecule has 7 nitrogen and oxygen atoms in total. The lowest BCUT2D eigenvalue weighted by Gasteiger charge is -2.37. The molecule has 0 saturated carbocycles. The smallest absolute Gasteiger partial charge is 0.253 e. The summed E-state index contributed by atoms with van der Waals surface area (Å²) < 4.78 is 20.0. The molecule has 0 bridgehead atoms. The van der Waals surface area contributed by atoms with E-state index in [2.05, 4.69) is 14.1 Å². The summed E-state index contributed by atoms with van der Waals surface area (Å²) in [6, 6.07) is 16.3. The molecule has 4 aromatic rings. The number of aliphatic hydroxyl groups is 1. The number of nitrogens with one attached hydrogen (secondary N) is 1. The topological polar surface area (TPSA) is 101 Å². The number of para-hydroxylation sites is 1. The molecule has 0 spiro atoms. The van der Waals surface area contributed by atoms with E-state index in [-0.39, 0.29) is 5.91 Å². The van der Waals surface area contributed by atoms with Crippen molar-refractivity contribution >= 4 is 45.4 Å². The number of hydrogen-bond donors (Lipinski definition) is 2. The minimum absolute atomic E-state index is 0.0774. The Hall–Kier alpha value is -2.98. The Morgan fingerprint density at radius 1 is 1.12 bits per heavy atom. The first kappa shape index (κ1) is 21.8. The van der Waals surface area contributed by atoms with Gasteiger partial charge in [0.1, 0.15) is 16.9 Å². The zero-order chi connectivity index (χ0) is 22.8. The highest BCUT2D eigenvalue weighted by Crippen LogP contribution is 2.33.